The van der Waals surface area contributed by atoms with E-state index in [9.17, 15) is 0 Å². The fourth-order valence-corrected chi connectivity index (χ4v) is 8.66. The lowest BCUT2D eigenvalue weighted by Gasteiger charge is -2.28. The highest BCUT2D eigenvalue weighted by Crippen LogP contribution is 2.51. The molecule has 0 spiro atoms. The van der Waals surface area contributed by atoms with Crippen molar-refractivity contribution in [2.75, 3.05) is 9.80 Å². The van der Waals surface area contributed by atoms with Crippen LogP contribution in [0.15, 0.2) is 206 Å². The molecular formula is C55H42N2. The predicted molar refractivity (Wildman–Crippen MR) is 244 cm³/mol. The number of anilines is 6. The number of rotatable bonds is 8. The maximum atomic E-state index is 2.39. The summed E-state index contributed by atoms with van der Waals surface area (Å²) in [5, 5.41) is 4.91. The van der Waals surface area contributed by atoms with E-state index in [0.29, 0.717) is 0 Å². The summed E-state index contributed by atoms with van der Waals surface area (Å²) in [5.74, 6) is 0. The smallest absolute Gasteiger partial charge is 0.0540 e. The summed E-state index contributed by atoms with van der Waals surface area (Å²) in [6.07, 6.45) is 4.48. The average Bonchev–Trinajstić information content (AvgIpc) is 3.49. The molecule has 0 fully saturated rings. The molecule has 10 rings (SSSR count). The Labute approximate surface area is 335 Å². The molecular weight excluding hydrogens is 689 g/mol. The van der Waals surface area contributed by atoms with Crippen molar-refractivity contribution in [3.8, 4) is 11.1 Å². The maximum absolute atomic E-state index is 2.39. The molecule has 2 heteroatoms. The summed E-state index contributed by atoms with van der Waals surface area (Å²) in [4.78, 5) is 4.73. The van der Waals surface area contributed by atoms with Crippen molar-refractivity contribution in [2.24, 2.45) is 0 Å². The van der Waals surface area contributed by atoms with Crippen LogP contribution in [0, 0.1) is 0 Å². The molecule has 0 aliphatic heterocycles. The van der Waals surface area contributed by atoms with Crippen LogP contribution in [0.25, 0.3) is 44.8 Å². The Bertz CT molecular complexity index is 2880. The topological polar surface area (TPSA) is 6.48 Å². The second kappa shape index (κ2) is 14.2. The lowest BCUT2D eigenvalue weighted by atomic mass is 9.81. The summed E-state index contributed by atoms with van der Waals surface area (Å²) < 4.78 is 0. The van der Waals surface area contributed by atoms with E-state index in [2.05, 4.69) is 242 Å². The second-order valence-corrected chi connectivity index (χ2v) is 15.5. The highest BCUT2D eigenvalue weighted by molar-refractivity contribution is 6.00. The first-order valence-corrected chi connectivity index (χ1v) is 19.8. The van der Waals surface area contributed by atoms with Gasteiger partial charge in [0.1, 0.15) is 0 Å². The lowest BCUT2D eigenvalue weighted by Crippen LogP contribution is -2.16. The molecule has 1 aliphatic carbocycles. The van der Waals surface area contributed by atoms with Gasteiger partial charge in [-0.25, -0.2) is 0 Å². The monoisotopic (exact) mass is 730 g/mol. The van der Waals surface area contributed by atoms with Crippen molar-refractivity contribution >= 4 is 67.8 Å². The predicted octanol–water partition coefficient (Wildman–Crippen LogP) is 15.4. The summed E-state index contributed by atoms with van der Waals surface area (Å²) >= 11 is 0. The lowest BCUT2D eigenvalue weighted by molar-refractivity contribution is 0.660. The first-order valence-electron chi connectivity index (χ1n) is 19.8. The summed E-state index contributed by atoms with van der Waals surface area (Å²) in [6, 6.07) is 74.7. The number of para-hydroxylation sites is 2. The zero-order valence-corrected chi connectivity index (χ0v) is 32.2. The highest BCUT2D eigenvalue weighted by atomic mass is 15.1. The van der Waals surface area contributed by atoms with E-state index < -0.39 is 0 Å². The molecule has 2 nitrogen and oxygen atoms in total. The van der Waals surface area contributed by atoms with Gasteiger partial charge in [-0.15, -0.1) is 0 Å². The van der Waals surface area contributed by atoms with Gasteiger partial charge in [-0.1, -0.05) is 166 Å². The number of hydrogen-bond donors (Lipinski definition) is 0. The molecule has 0 heterocycles. The van der Waals surface area contributed by atoms with E-state index in [-0.39, 0.29) is 5.41 Å². The van der Waals surface area contributed by atoms with Crippen LogP contribution in [0.2, 0.25) is 0 Å². The largest absolute Gasteiger partial charge is 0.310 e. The Morgan fingerprint density at radius 3 is 1.60 bits per heavy atom. The molecule has 0 saturated carbocycles. The third kappa shape index (κ3) is 6.26. The normalized spacial score (nSPS) is 12.8. The Kier molecular flexibility index (Phi) is 8.53. The van der Waals surface area contributed by atoms with Crippen LogP contribution in [0.4, 0.5) is 34.1 Å². The molecule has 0 amide bonds. The van der Waals surface area contributed by atoms with Crippen LogP contribution >= 0.6 is 0 Å². The molecule has 0 atom stereocenters. The molecule has 0 bridgehead atoms. The first-order chi connectivity index (χ1) is 28.0. The third-order valence-electron chi connectivity index (χ3n) is 11.6. The van der Waals surface area contributed by atoms with Crippen LogP contribution in [0.5, 0.6) is 0 Å². The third-order valence-corrected chi connectivity index (χ3v) is 11.6. The minimum atomic E-state index is -0.154. The van der Waals surface area contributed by atoms with Gasteiger partial charge in [-0.3, -0.25) is 0 Å². The number of fused-ring (bicyclic) bond motifs is 5. The van der Waals surface area contributed by atoms with Gasteiger partial charge >= 0.3 is 0 Å². The van der Waals surface area contributed by atoms with Crippen LogP contribution in [-0.4, -0.2) is 0 Å². The van der Waals surface area contributed by atoms with Crippen molar-refractivity contribution in [2.45, 2.75) is 19.3 Å². The zero-order chi connectivity index (χ0) is 38.3. The fraction of sp³-hybridized carbons (Fsp3) is 0.0545. The SMILES string of the molecule is CC1(C)c2cc(/C=C/c3ccc(N(c4ccc5ccccc5c4)c4cccc5ccccc45)cc3)ccc2-c2ccc(N(c3ccccc3)c3ccccc3)cc21. The van der Waals surface area contributed by atoms with Crippen LogP contribution in [0.3, 0.4) is 0 Å². The Morgan fingerprint density at radius 1 is 0.351 bits per heavy atom. The van der Waals surface area contributed by atoms with Crippen molar-refractivity contribution in [3.63, 3.8) is 0 Å². The van der Waals surface area contributed by atoms with E-state index in [0.717, 1.165) is 39.7 Å². The summed E-state index contributed by atoms with van der Waals surface area (Å²) in [7, 11) is 0. The molecule has 0 saturated heterocycles. The van der Waals surface area contributed by atoms with E-state index in [1.807, 2.05) is 0 Å². The van der Waals surface area contributed by atoms with Crippen LogP contribution < -0.4 is 9.80 Å². The fourth-order valence-electron chi connectivity index (χ4n) is 8.66. The van der Waals surface area contributed by atoms with Gasteiger partial charge in [-0.05, 0) is 116 Å². The molecule has 9 aromatic carbocycles. The molecule has 9 aromatic rings. The van der Waals surface area contributed by atoms with Crippen molar-refractivity contribution < 1.29 is 0 Å². The Hall–Kier alpha value is -7.16. The standard InChI is InChI=1S/C55H42N2/c1-55(2)52-36-40(28-34-50(52)51-35-33-48(38-53(51)55)56(44-18-5-3-6-19-44)45-20-7-4-8-21-45)25-24-39-26-30-46(31-27-39)57(47-32-29-41-14-9-10-16-43(41)37-47)54-23-13-17-42-15-11-12-22-49(42)54/h3-38H,1-2H3/b25-24+. The molecule has 0 radical (unpaired) electrons. The molecule has 272 valence electrons. The second-order valence-electron chi connectivity index (χ2n) is 15.5. The van der Waals surface area contributed by atoms with Crippen molar-refractivity contribution in [1.82, 2.24) is 0 Å². The van der Waals surface area contributed by atoms with E-state index >= 15 is 0 Å². The average molecular weight is 731 g/mol. The van der Waals surface area contributed by atoms with Crippen LogP contribution in [-0.2, 0) is 5.41 Å². The Balaban J connectivity index is 0.957. The summed E-state index contributed by atoms with van der Waals surface area (Å²) in [5.41, 5.74) is 14.4. The van der Waals surface area contributed by atoms with E-state index in [1.54, 1.807) is 0 Å². The van der Waals surface area contributed by atoms with Gasteiger partial charge in [0.2, 0.25) is 0 Å². The van der Waals surface area contributed by atoms with Crippen molar-refractivity contribution in [1.29, 1.82) is 0 Å². The summed E-state index contributed by atoms with van der Waals surface area (Å²) in [6.45, 7) is 4.72. The number of hydrogen-bond acceptors (Lipinski definition) is 2. The molecule has 57 heavy (non-hydrogen) atoms. The number of nitrogens with zero attached hydrogens (tertiary/aromatic N) is 2. The van der Waals surface area contributed by atoms with Gasteiger partial charge < -0.3 is 9.80 Å². The van der Waals surface area contributed by atoms with Crippen LogP contribution in [0.1, 0.15) is 36.1 Å². The minimum Gasteiger partial charge on any atom is -0.310 e. The Morgan fingerprint density at radius 2 is 0.860 bits per heavy atom. The maximum Gasteiger partial charge on any atom is 0.0540 e. The van der Waals surface area contributed by atoms with E-state index in [4.69, 9.17) is 0 Å². The first kappa shape index (κ1) is 34.3. The minimum absolute atomic E-state index is 0.154. The molecule has 1 aliphatic rings. The number of benzene rings is 9. The van der Waals surface area contributed by atoms with Crippen molar-refractivity contribution in [3.05, 3.63) is 229 Å². The highest BCUT2D eigenvalue weighted by Gasteiger charge is 2.36. The van der Waals surface area contributed by atoms with Gasteiger partial charge in [0, 0.05) is 39.2 Å². The van der Waals surface area contributed by atoms with E-state index in [1.165, 1.54) is 49.4 Å². The molecule has 0 unspecified atom stereocenters. The van der Waals surface area contributed by atoms with Gasteiger partial charge in [0.25, 0.3) is 0 Å². The van der Waals surface area contributed by atoms with Gasteiger partial charge in [0.05, 0.1) is 5.69 Å². The van der Waals surface area contributed by atoms with Gasteiger partial charge in [0.15, 0.2) is 0 Å². The van der Waals surface area contributed by atoms with Gasteiger partial charge in [-0.2, -0.15) is 0 Å². The zero-order valence-electron chi connectivity index (χ0n) is 32.2. The molecule has 0 aromatic heterocycles. The molecule has 0 N–H and O–H groups in total. The quantitative estimate of drug-likeness (QED) is 0.144.